The molecule has 21 heavy (non-hydrogen) atoms. The van der Waals surface area contributed by atoms with Crippen molar-refractivity contribution in [1.29, 1.82) is 0 Å². The molecule has 0 aliphatic carbocycles. The van der Waals surface area contributed by atoms with Crippen LogP contribution in [0.1, 0.15) is 27.2 Å². The highest BCUT2D eigenvalue weighted by Gasteiger charge is 2.33. The molecule has 0 fully saturated rings. The van der Waals surface area contributed by atoms with Crippen LogP contribution >= 0.6 is 0 Å². The van der Waals surface area contributed by atoms with E-state index in [0.717, 1.165) is 6.07 Å². The lowest BCUT2D eigenvalue weighted by Gasteiger charge is -2.20. The molecule has 4 nitrogen and oxygen atoms in total. The lowest BCUT2D eigenvalue weighted by Crippen LogP contribution is -2.27. The van der Waals surface area contributed by atoms with Crippen molar-refractivity contribution < 1.29 is 18.0 Å². The number of rotatable bonds is 3. The molecule has 0 atom stereocenters. The molecule has 0 bridgehead atoms. The summed E-state index contributed by atoms with van der Waals surface area (Å²) in [5.74, 6) is -0.377. The summed E-state index contributed by atoms with van der Waals surface area (Å²) in [5, 5.41) is 6.36. The van der Waals surface area contributed by atoms with Crippen molar-refractivity contribution in [1.82, 2.24) is 15.1 Å². The van der Waals surface area contributed by atoms with Gasteiger partial charge in [-0.2, -0.15) is 18.3 Å². The van der Waals surface area contributed by atoms with Gasteiger partial charge in [0, 0.05) is 19.3 Å². The quantitative estimate of drug-likeness (QED) is 0.946. The predicted octanol–water partition coefficient (Wildman–Crippen LogP) is 3.01. The van der Waals surface area contributed by atoms with Crippen LogP contribution in [0.4, 0.5) is 13.2 Å². The highest BCUT2D eigenvalue weighted by Crippen LogP contribution is 2.32. The first kappa shape index (κ1) is 15.1. The first-order chi connectivity index (χ1) is 9.80. The molecule has 0 aliphatic heterocycles. The molecule has 2 rings (SSSR count). The first-order valence-electron chi connectivity index (χ1n) is 6.21. The molecular formula is C14H14F3N3O. The summed E-state index contributed by atoms with van der Waals surface area (Å²) < 4.78 is 38.8. The number of hydrogen-bond acceptors (Lipinski definition) is 2. The highest BCUT2D eigenvalue weighted by atomic mass is 19.4. The Labute approximate surface area is 119 Å². The van der Waals surface area contributed by atoms with Gasteiger partial charge >= 0.3 is 6.18 Å². The van der Waals surface area contributed by atoms with E-state index in [1.165, 1.54) is 36.3 Å². The van der Waals surface area contributed by atoms with E-state index >= 15 is 0 Å². The molecule has 1 N–H and O–H groups in total. The molecule has 1 heterocycles. The Balaban J connectivity index is 2.23. The molecule has 1 aromatic heterocycles. The number of carbonyl (C=O) groups is 1. The smallest absolute Gasteiger partial charge is 0.337 e. The van der Waals surface area contributed by atoms with Gasteiger partial charge in [0.25, 0.3) is 5.91 Å². The van der Waals surface area contributed by atoms with Gasteiger partial charge in [0.05, 0.1) is 17.3 Å². The van der Waals surface area contributed by atoms with Crippen molar-refractivity contribution >= 4 is 5.91 Å². The first-order valence-corrected chi connectivity index (χ1v) is 6.21. The van der Waals surface area contributed by atoms with Crippen molar-refractivity contribution in [3.8, 4) is 0 Å². The topological polar surface area (TPSA) is 49.0 Å². The Morgan fingerprint density at radius 2 is 2.00 bits per heavy atom. The van der Waals surface area contributed by atoms with E-state index in [2.05, 4.69) is 10.2 Å². The maximum absolute atomic E-state index is 12.9. The number of halogens is 3. The fraction of sp³-hybridized carbons (Fsp3) is 0.286. The van der Waals surface area contributed by atoms with E-state index in [0.29, 0.717) is 11.3 Å². The number of nitrogens with one attached hydrogen (secondary N) is 1. The minimum atomic E-state index is -4.44. The van der Waals surface area contributed by atoms with Crippen LogP contribution in [0.15, 0.2) is 30.5 Å². The third-order valence-electron chi connectivity index (χ3n) is 3.14. The molecule has 0 saturated carbocycles. The molecular weight excluding hydrogens is 283 g/mol. The zero-order chi connectivity index (χ0) is 15.6. The number of benzene rings is 1. The molecule has 0 spiro atoms. The van der Waals surface area contributed by atoms with Crippen LogP contribution in [-0.2, 0) is 12.7 Å². The predicted molar refractivity (Wildman–Crippen MR) is 70.6 cm³/mol. The average molecular weight is 297 g/mol. The molecule has 0 radical (unpaired) electrons. The van der Waals surface area contributed by atoms with E-state index in [1.807, 2.05) is 0 Å². The lowest BCUT2D eigenvalue weighted by molar-refractivity contribution is -0.138. The summed E-state index contributed by atoms with van der Waals surface area (Å²) in [6.07, 6.45) is -3.07. The van der Waals surface area contributed by atoms with E-state index in [4.69, 9.17) is 0 Å². The number of amides is 1. The fourth-order valence-electron chi connectivity index (χ4n) is 2.03. The second-order valence-corrected chi connectivity index (χ2v) is 4.72. The third kappa shape index (κ3) is 3.24. The van der Waals surface area contributed by atoms with Gasteiger partial charge in [-0.25, -0.2) is 0 Å². The molecule has 0 aliphatic rings. The summed E-state index contributed by atoms with van der Waals surface area (Å²) in [4.78, 5) is 13.4. The zero-order valence-corrected chi connectivity index (χ0v) is 11.5. The summed E-state index contributed by atoms with van der Waals surface area (Å²) in [6.45, 7) is 1.55. The molecule has 7 heteroatoms. The van der Waals surface area contributed by atoms with Crippen LogP contribution in [-0.4, -0.2) is 28.1 Å². The average Bonchev–Trinajstić information content (AvgIpc) is 2.83. The van der Waals surface area contributed by atoms with E-state index in [-0.39, 0.29) is 18.0 Å². The standard InChI is InChI=1S/C14H14F3N3O/c1-9-11(7-18-19-9)13(21)20(2)8-10-5-3-4-6-12(10)14(15,16)17/h3-7H,8H2,1-2H3,(H,18,19). The number of H-pyrrole nitrogens is 1. The van der Waals surface area contributed by atoms with Crippen molar-refractivity contribution in [2.24, 2.45) is 0 Å². The second kappa shape index (κ2) is 5.59. The van der Waals surface area contributed by atoms with Gasteiger partial charge < -0.3 is 4.90 Å². The molecule has 1 amide bonds. The highest BCUT2D eigenvalue weighted by molar-refractivity contribution is 5.94. The SMILES string of the molecule is Cc1[nH]ncc1C(=O)N(C)Cc1ccccc1C(F)(F)F. The monoisotopic (exact) mass is 297 g/mol. The number of carbonyl (C=O) groups excluding carboxylic acids is 1. The largest absolute Gasteiger partial charge is 0.416 e. The Bertz CT molecular complexity index is 649. The van der Waals surface area contributed by atoms with Crippen LogP contribution in [0.5, 0.6) is 0 Å². The van der Waals surface area contributed by atoms with Crippen LogP contribution in [0.2, 0.25) is 0 Å². The number of aromatic nitrogens is 2. The van der Waals surface area contributed by atoms with Gasteiger partial charge in [-0.15, -0.1) is 0 Å². The summed E-state index contributed by atoms with van der Waals surface area (Å²) in [7, 11) is 1.46. The van der Waals surface area contributed by atoms with Gasteiger partial charge in [0.15, 0.2) is 0 Å². The van der Waals surface area contributed by atoms with E-state index in [1.54, 1.807) is 6.92 Å². The van der Waals surface area contributed by atoms with Crippen molar-refractivity contribution in [2.45, 2.75) is 19.6 Å². The van der Waals surface area contributed by atoms with Gasteiger partial charge in [0.1, 0.15) is 0 Å². The molecule has 1 aromatic carbocycles. The summed E-state index contributed by atoms with van der Waals surface area (Å²) in [6, 6.07) is 5.23. The number of aryl methyl sites for hydroxylation is 1. The summed E-state index contributed by atoms with van der Waals surface area (Å²) in [5.41, 5.74) is 0.258. The van der Waals surface area contributed by atoms with Crippen LogP contribution in [0, 0.1) is 6.92 Å². The molecule has 0 saturated heterocycles. The van der Waals surface area contributed by atoms with Crippen LogP contribution in [0.25, 0.3) is 0 Å². The van der Waals surface area contributed by atoms with Crippen molar-refractivity contribution in [3.63, 3.8) is 0 Å². The Morgan fingerprint density at radius 3 is 2.57 bits per heavy atom. The maximum Gasteiger partial charge on any atom is 0.416 e. The zero-order valence-electron chi connectivity index (χ0n) is 11.5. The Kier molecular flexibility index (Phi) is 4.02. The lowest BCUT2D eigenvalue weighted by atomic mass is 10.1. The molecule has 2 aromatic rings. The number of aromatic amines is 1. The van der Waals surface area contributed by atoms with Gasteiger partial charge in [0.2, 0.25) is 0 Å². The van der Waals surface area contributed by atoms with Crippen LogP contribution in [0.3, 0.4) is 0 Å². The van der Waals surface area contributed by atoms with Crippen LogP contribution < -0.4 is 0 Å². The van der Waals surface area contributed by atoms with Gasteiger partial charge in [-0.1, -0.05) is 18.2 Å². The van der Waals surface area contributed by atoms with Crippen molar-refractivity contribution in [3.05, 3.63) is 52.8 Å². The van der Waals surface area contributed by atoms with Gasteiger partial charge in [-0.3, -0.25) is 9.89 Å². The maximum atomic E-state index is 12.9. The fourth-order valence-corrected chi connectivity index (χ4v) is 2.03. The summed E-state index contributed by atoms with van der Waals surface area (Å²) >= 11 is 0. The van der Waals surface area contributed by atoms with Crippen molar-refractivity contribution in [2.75, 3.05) is 7.05 Å². The molecule has 0 unspecified atom stereocenters. The second-order valence-electron chi connectivity index (χ2n) is 4.72. The van der Waals surface area contributed by atoms with Gasteiger partial charge in [-0.05, 0) is 18.6 Å². The minimum absolute atomic E-state index is 0.0574. The van der Waals surface area contributed by atoms with E-state index < -0.39 is 11.7 Å². The Morgan fingerprint density at radius 1 is 1.33 bits per heavy atom. The normalized spacial score (nSPS) is 11.5. The third-order valence-corrected chi connectivity index (χ3v) is 3.14. The Hall–Kier alpha value is -2.31. The number of nitrogens with zero attached hydrogens (tertiary/aromatic N) is 2. The molecule has 112 valence electrons. The number of alkyl halides is 3. The van der Waals surface area contributed by atoms with E-state index in [9.17, 15) is 18.0 Å². The minimum Gasteiger partial charge on any atom is -0.337 e. The number of hydrogen-bond donors (Lipinski definition) is 1.